The third-order valence-corrected chi connectivity index (χ3v) is 5.30. The highest BCUT2D eigenvalue weighted by Crippen LogP contribution is 2.58. The van der Waals surface area contributed by atoms with Gasteiger partial charge >= 0.3 is 0 Å². The van der Waals surface area contributed by atoms with E-state index in [1.807, 2.05) is 6.08 Å². The van der Waals surface area contributed by atoms with Crippen LogP contribution in [0.25, 0.3) is 0 Å². The van der Waals surface area contributed by atoms with Crippen LogP contribution in [0.1, 0.15) is 34.1 Å². The van der Waals surface area contributed by atoms with Gasteiger partial charge in [0.05, 0.1) is 5.83 Å². The molecule has 1 nitrogen and oxygen atoms in total. The molecule has 0 spiro atoms. The molecule has 2 fully saturated rings. The van der Waals surface area contributed by atoms with Crippen molar-refractivity contribution in [3.05, 3.63) is 11.9 Å². The molecule has 0 aromatic heterocycles. The van der Waals surface area contributed by atoms with Crippen LogP contribution in [0.5, 0.6) is 0 Å². The highest BCUT2D eigenvalue weighted by molar-refractivity contribution is 5.23. The molecule has 1 aliphatic heterocycles. The van der Waals surface area contributed by atoms with E-state index in [-0.39, 0.29) is 11.7 Å². The summed E-state index contributed by atoms with van der Waals surface area (Å²) in [6.07, 6.45) is 3.03. The Hall–Kier alpha value is -0.370. The van der Waals surface area contributed by atoms with E-state index < -0.39 is 0 Å². The molecule has 2 heteroatoms. The SMILES string of the molecule is CC(C)C1C2C3C=C(F)C(C3)C2CN1C(C)C. The second-order valence-corrected chi connectivity index (χ2v) is 6.82. The molecule has 0 aromatic rings. The lowest BCUT2D eigenvalue weighted by Gasteiger charge is -2.35. The molecular formula is C15H24FN. The standard InChI is InChI=1S/C15H24FN/c1-8(2)15-14-10-5-11(13(16)6-10)12(14)7-17(15)9(3)4/h6,8-12,14-15H,5,7H2,1-4H3. The van der Waals surface area contributed by atoms with Gasteiger partial charge in [-0.05, 0) is 50.0 Å². The van der Waals surface area contributed by atoms with Crippen LogP contribution in [-0.2, 0) is 0 Å². The summed E-state index contributed by atoms with van der Waals surface area (Å²) in [4.78, 5) is 2.63. The summed E-state index contributed by atoms with van der Waals surface area (Å²) >= 11 is 0. The monoisotopic (exact) mass is 237 g/mol. The molecule has 1 heterocycles. The molecule has 2 aliphatic carbocycles. The van der Waals surface area contributed by atoms with Gasteiger partial charge in [0.2, 0.25) is 0 Å². The topological polar surface area (TPSA) is 3.24 Å². The minimum Gasteiger partial charge on any atom is -0.297 e. The van der Waals surface area contributed by atoms with Gasteiger partial charge in [-0.1, -0.05) is 13.8 Å². The highest BCUT2D eigenvalue weighted by atomic mass is 19.1. The first-order chi connectivity index (χ1) is 8.00. The van der Waals surface area contributed by atoms with Crippen molar-refractivity contribution in [3.8, 4) is 0 Å². The third kappa shape index (κ3) is 1.53. The number of allylic oxidation sites excluding steroid dienone is 2. The van der Waals surface area contributed by atoms with E-state index in [0.29, 0.717) is 29.8 Å². The Morgan fingerprint density at radius 1 is 1.29 bits per heavy atom. The number of rotatable bonds is 2. The van der Waals surface area contributed by atoms with E-state index >= 15 is 0 Å². The molecule has 0 N–H and O–H groups in total. The number of nitrogens with zero attached hydrogens (tertiary/aromatic N) is 1. The zero-order valence-corrected chi connectivity index (χ0v) is 11.4. The van der Waals surface area contributed by atoms with Crippen molar-refractivity contribution in [1.82, 2.24) is 4.90 Å². The fourth-order valence-electron chi connectivity index (χ4n) is 4.76. The van der Waals surface area contributed by atoms with Crippen LogP contribution in [0.15, 0.2) is 11.9 Å². The fraction of sp³-hybridized carbons (Fsp3) is 0.867. The Balaban J connectivity index is 1.91. The van der Waals surface area contributed by atoms with Crippen LogP contribution in [-0.4, -0.2) is 23.5 Å². The quantitative estimate of drug-likeness (QED) is 0.711. The number of hydrogen-bond acceptors (Lipinski definition) is 1. The maximum absolute atomic E-state index is 13.8. The molecule has 3 aliphatic rings. The van der Waals surface area contributed by atoms with E-state index in [2.05, 4.69) is 32.6 Å². The van der Waals surface area contributed by atoms with Crippen molar-refractivity contribution in [1.29, 1.82) is 0 Å². The van der Waals surface area contributed by atoms with Crippen LogP contribution in [0.4, 0.5) is 4.39 Å². The van der Waals surface area contributed by atoms with Crippen molar-refractivity contribution in [3.63, 3.8) is 0 Å². The molecule has 0 amide bonds. The molecule has 0 radical (unpaired) electrons. The summed E-state index contributed by atoms with van der Waals surface area (Å²) < 4.78 is 13.8. The Bertz CT molecular complexity index is 347. The van der Waals surface area contributed by atoms with Gasteiger partial charge in [0, 0.05) is 24.5 Å². The van der Waals surface area contributed by atoms with Gasteiger partial charge < -0.3 is 0 Å². The lowest BCUT2D eigenvalue weighted by atomic mass is 9.78. The average molecular weight is 237 g/mol. The maximum atomic E-state index is 13.8. The molecule has 17 heavy (non-hydrogen) atoms. The first kappa shape index (κ1) is 11.7. The average Bonchev–Trinajstić information content (AvgIpc) is 2.83. The van der Waals surface area contributed by atoms with Gasteiger partial charge in [-0.3, -0.25) is 4.90 Å². The Morgan fingerprint density at radius 3 is 2.59 bits per heavy atom. The first-order valence-corrected chi connectivity index (χ1v) is 7.13. The summed E-state index contributed by atoms with van der Waals surface area (Å²) in [6, 6.07) is 1.26. The van der Waals surface area contributed by atoms with E-state index in [0.717, 1.165) is 18.9 Å². The maximum Gasteiger partial charge on any atom is 0.0997 e. The first-order valence-electron chi connectivity index (χ1n) is 7.13. The van der Waals surface area contributed by atoms with E-state index in [9.17, 15) is 4.39 Å². The van der Waals surface area contributed by atoms with E-state index in [4.69, 9.17) is 0 Å². The second kappa shape index (κ2) is 3.81. The summed E-state index contributed by atoms with van der Waals surface area (Å²) in [5.74, 6) is 2.99. The Kier molecular flexibility index (Phi) is 2.62. The molecule has 96 valence electrons. The number of likely N-dealkylation sites (tertiary alicyclic amines) is 1. The van der Waals surface area contributed by atoms with Gasteiger partial charge in [0.15, 0.2) is 0 Å². The summed E-state index contributed by atoms with van der Waals surface area (Å²) in [5, 5.41) is 0. The van der Waals surface area contributed by atoms with Gasteiger partial charge in [-0.15, -0.1) is 0 Å². The molecule has 1 saturated heterocycles. The molecule has 1 saturated carbocycles. The van der Waals surface area contributed by atoms with Crippen LogP contribution < -0.4 is 0 Å². The molecule has 5 unspecified atom stereocenters. The molecule has 5 atom stereocenters. The molecule has 2 bridgehead atoms. The van der Waals surface area contributed by atoms with E-state index in [1.165, 1.54) is 0 Å². The predicted octanol–water partition coefficient (Wildman–Crippen LogP) is 3.47. The number of fused-ring (bicyclic) bond motifs is 5. The molecule has 3 rings (SSSR count). The van der Waals surface area contributed by atoms with Crippen LogP contribution in [0.2, 0.25) is 0 Å². The van der Waals surface area contributed by atoms with Gasteiger partial charge in [-0.2, -0.15) is 0 Å². The normalized spacial score (nSPS) is 44.9. The highest BCUT2D eigenvalue weighted by Gasteiger charge is 2.57. The summed E-state index contributed by atoms with van der Waals surface area (Å²) in [7, 11) is 0. The molecule has 0 aromatic carbocycles. The smallest absolute Gasteiger partial charge is 0.0997 e. The zero-order valence-electron chi connectivity index (χ0n) is 11.4. The number of halogens is 1. The fourth-order valence-corrected chi connectivity index (χ4v) is 4.76. The zero-order chi connectivity index (χ0) is 12.3. The lowest BCUT2D eigenvalue weighted by Crippen LogP contribution is -2.42. The van der Waals surface area contributed by atoms with Crippen molar-refractivity contribution < 1.29 is 4.39 Å². The van der Waals surface area contributed by atoms with Gasteiger partial charge in [-0.25, -0.2) is 4.39 Å². The van der Waals surface area contributed by atoms with Crippen molar-refractivity contribution >= 4 is 0 Å². The number of hydrogen-bond donors (Lipinski definition) is 0. The van der Waals surface area contributed by atoms with Gasteiger partial charge in [0.25, 0.3) is 0 Å². The van der Waals surface area contributed by atoms with Crippen LogP contribution in [0, 0.1) is 29.6 Å². The van der Waals surface area contributed by atoms with Crippen molar-refractivity contribution in [2.45, 2.75) is 46.2 Å². The lowest BCUT2D eigenvalue weighted by molar-refractivity contribution is 0.128. The second-order valence-electron chi connectivity index (χ2n) is 6.82. The van der Waals surface area contributed by atoms with E-state index in [1.54, 1.807) is 0 Å². The Labute approximate surface area is 104 Å². The Morgan fingerprint density at radius 2 is 2.00 bits per heavy atom. The summed E-state index contributed by atoms with van der Waals surface area (Å²) in [5.41, 5.74) is 0. The van der Waals surface area contributed by atoms with Gasteiger partial charge in [0.1, 0.15) is 0 Å². The van der Waals surface area contributed by atoms with Crippen molar-refractivity contribution in [2.24, 2.45) is 29.6 Å². The molecular weight excluding hydrogens is 213 g/mol. The minimum atomic E-state index is 0.198. The summed E-state index contributed by atoms with van der Waals surface area (Å²) in [6.45, 7) is 10.3. The minimum absolute atomic E-state index is 0.198. The largest absolute Gasteiger partial charge is 0.297 e. The third-order valence-electron chi connectivity index (χ3n) is 5.30. The van der Waals surface area contributed by atoms with Crippen LogP contribution in [0.3, 0.4) is 0 Å². The van der Waals surface area contributed by atoms with Crippen LogP contribution >= 0.6 is 0 Å². The van der Waals surface area contributed by atoms with Crippen molar-refractivity contribution in [2.75, 3.05) is 6.54 Å². The predicted molar refractivity (Wildman–Crippen MR) is 68.2 cm³/mol.